The van der Waals surface area contributed by atoms with Crippen LogP contribution >= 0.6 is 0 Å². The Kier molecular flexibility index (Phi) is 2.18. The zero-order valence-electron chi connectivity index (χ0n) is 5.16. The van der Waals surface area contributed by atoms with Crippen molar-refractivity contribution in [1.82, 2.24) is 5.32 Å². The van der Waals surface area contributed by atoms with Crippen LogP contribution in [0.25, 0.3) is 0 Å². The topological polar surface area (TPSA) is 66.4 Å². The predicted molar refractivity (Wildman–Crippen MR) is 37.2 cm³/mol. The molecule has 1 atom stereocenters. The second-order valence-corrected chi connectivity index (χ2v) is 2.72. The highest BCUT2D eigenvalue weighted by Crippen LogP contribution is 2.00. The summed E-state index contributed by atoms with van der Waals surface area (Å²) in [6, 6.07) is -0.720. The molecule has 1 saturated heterocycles. The van der Waals surface area contributed by atoms with Gasteiger partial charge in [0.05, 0.1) is 16.1 Å². The molecule has 0 aromatic carbocycles. The average molecular weight is 161 g/mol. The Balaban J connectivity index is 2.78. The lowest BCUT2D eigenvalue weighted by atomic mass is 10.2. The summed E-state index contributed by atoms with van der Waals surface area (Å²) in [5.41, 5.74) is 0. The maximum absolute atomic E-state index is 10.3. The van der Waals surface area contributed by atoms with E-state index in [1.165, 1.54) is 0 Å². The molecule has 1 aliphatic rings. The SMILES string of the molecule is O=S=C1CCN[C@@H]1C(=O)O. The molecule has 0 saturated carbocycles. The third kappa shape index (κ3) is 1.25. The summed E-state index contributed by atoms with van der Waals surface area (Å²) in [4.78, 5) is 10.8. The van der Waals surface area contributed by atoms with Gasteiger partial charge >= 0.3 is 5.97 Å². The van der Waals surface area contributed by atoms with E-state index in [9.17, 15) is 9.00 Å². The second-order valence-electron chi connectivity index (χ2n) is 2.03. The maximum atomic E-state index is 10.3. The van der Waals surface area contributed by atoms with Gasteiger partial charge < -0.3 is 5.11 Å². The molecule has 2 N–H and O–H groups in total. The van der Waals surface area contributed by atoms with E-state index in [1.807, 2.05) is 0 Å². The van der Waals surface area contributed by atoms with Crippen LogP contribution in [0.5, 0.6) is 0 Å². The van der Waals surface area contributed by atoms with Crippen LogP contribution < -0.4 is 5.32 Å². The fourth-order valence-electron chi connectivity index (χ4n) is 0.913. The number of rotatable bonds is 1. The molecule has 0 bridgehead atoms. The molecule has 0 aromatic rings. The number of aliphatic carboxylic acids is 1. The molecule has 4 nitrogen and oxygen atoms in total. The van der Waals surface area contributed by atoms with Crippen molar-refractivity contribution in [1.29, 1.82) is 0 Å². The van der Waals surface area contributed by atoms with E-state index >= 15 is 0 Å². The van der Waals surface area contributed by atoms with Crippen molar-refractivity contribution in [3.63, 3.8) is 0 Å². The first-order valence-corrected chi connectivity index (χ1v) is 3.61. The Morgan fingerprint density at radius 1 is 1.80 bits per heavy atom. The van der Waals surface area contributed by atoms with Crippen molar-refractivity contribution < 1.29 is 14.1 Å². The summed E-state index contributed by atoms with van der Waals surface area (Å²) in [5.74, 6) is -0.962. The van der Waals surface area contributed by atoms with Crippen molar-refractivity contribution >= 4 is 22.1 Å². The van der Waals surface area contributed by atoms with Crippen LogP contribution in [0.3, 0.4) is 0 Å². The van der Waals surface area contributed by atoms with Crippen LogP contribution in [0.1, 0.15) is 6.42 Å². The molecule has 0 amide bonds. The van der Waals surface area contributed by atoms with Gasteiger partial charge in [0.2, 0.25) is 0 Å². The minimum absolute atomic E-state index is 0.292. The molecule has 10 heavy (non-hydrogen) atoms. The zero-order chi connectivity index (χ0) is 7.56. The molecular weight excluding hydrogens is 154 g/mol. The quantitative estimate of drug-likeness (QED) is 0.475. The number of carbonyl (C=O) groups is 1. The summed E-state index contributed by atoms with van der Waals surface area (Å²) in [7, 11) is 0. The molecule has 1 aliphatic heterocycles. The van der Waals surface area contributed by atoms with Crippen LogP contribution in [-0.4, -0.2) is 32.7 Å². The van der Waals surface area contributed by atoms with E-state index in [1.54, 1.807) is 0 Å². The lowest BCUT2D eigenvalue weighted by Crippen LogP contribution is -2.35. The van der Waals surface area contributed by atoms with Crippen LogP contribution in [0.4, 0.5) is 0 Å². The van der Waals surface area contributed by atoms with Gasteiger partial charge in [-0.25, -0.2) is 4.21 Å². The zero-order valence-corrected chi connectivity index (χ0v) is 5.98. The van der Waals surface area contributed by atoms with Crippen molar-refractivity contribution in [2.75, 3.05) is 6.54 Å². The number of carboxylic acid groups (broad SMARTS) is 1. The Morgan fingerprint density at radius 2 is 2.50 bits per heavy atom. The molecule has 0 spiro atoms. The van der Waals surface area contributed by atoms with Crippen LogP contribution in [0, 0.1) is 0 Å². The Bertz CT molecular complexity index is 209. The van der Waals surface area contributed by atoms with Gasteiger partial charge in [0.1, 0.15) is 6.04 Å². The van der Waals surface area contributed by atoms with Gasteiger partial charge in [-0.3, -0.25) is 10.1 Å². The van der Waals surface area contributed by atoms with E-state index in [0.717, 1.165) is 0 Å². The lowest BCUT2D eigenvalue weighted by Gasteiger charge is -2.00. The average Bonchev–Trinajstić information content (AvgIpc) is 2.33. The van der Waals surface area contributed by atoms with Crippen LogP contribution in [0.15, 0.2) is 0 Å². The summed E-state index contributed by atoms with van der Waals surface area (Å²) in [6.07, 6.45) is 0.575. The maximum Gasteiger partial charge on any atom is 0.325 e. The van der Waals surface area contributed by atoms with Gasteiger partial charge in [-0.15, -0.1) is 0 Å². The molecule has 0 unspecified atom stereocenters. The standard InChI is InChI=1S/C5H7NO3S/c7-5(8)4-3(10-9)1-2-6-4/h4,6H,1-2H2,(H,7,8)/t4-/m0/s1. The first-order valence-electron chi connectivity index (χ1n) is 2.87. The van der Waals surface area contributed by atoms with Crippen LogP contribution in [0.2, 0.25) is 0 Å². The number of nitrogens with one attached hydrogen (secondary N) is 1. The van der Waals surface area contributed by atoms with Crippen molar-refractivity contribution in [2.24, 2.45) is 0 Å². The molecule has 1 heterocycles. The molecular formula is C5H7NO3S. The van der Waals surface area contributed by atoms with Crippen molar-refractivity contribution in [3.8, 4) is 0 Å². The Labute approximate surface area is 61.3 Å². The Morgan fingerprint density at radius 3 is 2.90 bits per heavy atom. The van der Waals surface area contributed by atoms with E-state index in [4.69, 9.17) is 5.11 Å². The van der Waals surface area contributed by atoms with Gasteiger partial charge in [0, 0.05) is 6.54 Å². The first-order chi connectivity index (χ1) is 4.75. The van der Waals surface area contributed by atoms with Gasteiger partial charge in [0.15, 0.2) is 0 Å². The summed E-state index contributed by atoms with van der Waals surface area (Å²) < 4.78 is 10.2. The normalized spacial score (nSPS) is 24.8. The number of hydrogen-bond acceptors (Lipinski definition) is 3. The van der Waals surface area contributed by atoms with Crippen molar-refractivity contribution in [3.05, 3.63) is 0 Å². The van der Waals surface area contributed by atoms with E-state index in [0.29, 0.717) is 29.1 Å². The first kappa shape index (κ1) is 7.43. The Hall–Kier alpha value is -0.680. The van der Waals surface area contributed by atoms with Gasteiger partial charge in [-0.05, 0) is 6.42 Å². The molecule has 1 rings (SSSR count). The fourth-order valence-corrected chi connectivity index (χ4v) is 1.38. The molecule has 0 aromatic heterocycles. The number of hydrogen-bond donors (Lipinski definition) is 2. The van der Waals surface area contributed by atoms with Gasteiger partial charge in [-0.1, -0.05) is 0 Å². The largest absolute Gasteiger partial charge is 0.480 e. The molecule has 0 aliphatic carbocycles. The molecule has 5 heteroatoms. The highest BCUT2D eigenvalue weighted by molar-refractivity contribution is 7.66. The smallest absolute Gasteiger partial charge is 0.325 e. The van der Waals surface area contributed by atoms with Crippen molar-refractivity contribution in [2.45, 2.75) is 12.5 Å². The van der Waals surface area contributed by atoms with E-state index < -0.39 is 12.0 Å². The second kappa shape index (κ2) is 2.94. The van der Waals surface area contributed by atoms with E-state index in [2.05, 4.69) is 5.32 Å². The van der Waals surface area contributed by atoms with Crippen LogP contribution in [-0.2, 0) is 16.1 Å². The highest BCUT2D eigenvalue weighted by Gasteiger charge is 2.27. The third-order valence-electron chi connectivity index (χ3n) is 1.40. The van der Waals surface area contributed by atoms with E-state index in [-0.39, 0.29) is 0 Å². The molecule has 56 valence electrons. The molecule has 0 radical (unpaired) electrons. The minimum atomic E-state index is -0.962. The third-order valence-corrected chi connectivity index (χ3v) is 2.05. The molecule has 1 fully saturated rings. The summed E-state index contributed by atoms with van der Waals surface area (Å²) in [6.45, 7) is 0.599. The lowest BCUT2D eigenvalue weighted by molar-refractivity contribution is -0.137. The minimum Gasteiger partial charge on any atom is -0.480 e. The van der Waals surface area contributed by atoms with Gasteiger partial charge in [0.25, 0.3) is 0 Å². The van der Waals surface area contributed by atoms with Gasteiger partial charge in [-0.2, -0.15) is 0 Å². The summed E-state index contributed by atoms with van der Waals surface area (Å²) in [5, 5.41) is 11.2. The number of carboxylic acids is 1. The monoisotopic (exact) mass is 161 g/mol. The summed E-state index contributed by atoms with van der Waals surface area (Å²) >= 11 is 0.292. The fraction of sp³-hybridized carbons (Fsp3) is 0.600. The highest BCUT2D eigenvalue weighted by atomic mass is 32.1. The predicted octanol–water partition coefficient (Wildman–Crippen LogP) is -1.18.